The zero-order chi connectivity index (χ0) is 15.8. The number of allylic oxidation sites excluding steroid dienone is 4. The number of aromatic nitrogens is 1. The van der Waals surface area contributed by atoms with E-state index >= 15 is 0 Å². The van der Waals surface area contributed by atoms with Crippen LogP contribution in [0.1, 0.15) is 31.5 Å². The number of hydrogen-bond acceptors (Lipinski definition) is 2. The van der Waals surface area contributed by atoms with Gasteiger partial charge in [0.2, 0.25) is 0 Å². The van der Waals surface area contributed by atoms with E-state index in [1.807, 2.05) is 6.07 Å². The first-order valence-electron chi connectivity index (χ1n) is 6.61. The Bertz CT molecular complexity index is 518. The average Bonchev–Trinajstić information content (AvgIpc) is 2.41. The smallest absolute Gasteiger partial charge is 0.119 e. The maximum absolute atomic E-state index is 13.6. The predicted molar refractivity (Wildman–Crippen MR) is 89.3 cm³/mol. The standard InChI is InChI=1S/C15H18Br2F2N2/c1-2-3-11(19)8-10(6-7-18)9-13(20)15-12(16)4-5-14(17)21-15/h2-5,8,10,13H,6-7,9,20H2,1H3/b3-2+,11-8+. The Balaban J connectivity index is 2.87. The van der Waals surface area contributed by atoms with Crippen LogP contribution < -0.4 is 5.73 Å². The van der Waals surface area contributed by atoms with E-state index in [2.05, 4.69) is 36.8 Å². The Kier molecular flexibility index (Phi) is 8.29. The molecular formula is C15H18Br2F2N2. The first kappa shape index (κ1) is 18.5. The summed E-state index contributed by atoms with van der Waals surface area (Å²) in [5, 5.41) is 0. The molecule has 1 aromatic rings. The van der Waals surface area contributed by atoms with Crippen LogP contribution in [0.4, 0.5) is 8.78 Å². The highest BCUT2D eigenvalue weighted by molar-refractivity contribution is 9.11. The van der Waals surface area contributed by atoms with E-state index in [9.17, 15) is 8.78 Å². The molecule has 0 aliphatic carbocycles. The van der Waals surface area contributed by atoms with Crippen LogP contribution in [0.3, 0.4) is 0 Å². The van der Waals surface area contributed by atoms with E-state index in [1.54, 1.807) is 19.1 Å². The first-order valence-corrected chi connectivity index (χ1v) is 8.20. The predicted octanol–water partition coefficient (Wildman–Crippen LogP) is 5.40. The van der Waals surface area contributed by atoms with Crippen LogP contribution >= 0.6 is 31.9 Å². The Morgan fingerprint density at radius 3 is 2.76 bits per heavy atom. The van der Waals surface area contributed by atoms with Crippen LogP contribution in [0, 0.1) is 5.92 Å². The molecule has 0 fully saturated rings. The van der Waals surface area contributed by atoms with Gasteiger partial charge in [-0.2, -0.15) is 0 Å². The molecule has 2 atom stereocenters. The van der Waals surface area contributed by atoms with Gasteiger partial charge in [-0.25, -0.2) is 9.37 Å². The molecule has 1 aromatic heterocycles. The van der Waals surface area contributed by atoms with Crippen molar-refractivity contribution in [3.63, 3.8) is 0 Å². The van der Waals surface area contributed by atoms with Gasteiger partial charge in [-0.15, -0.1) is 0 Å². The molecular weight excluding hydrogens is 406 g/mol. The maximum atomic E-state index is 13.6. The first-order chi connectivity index (χ1) is 9.97. The van der Waals surface area contributed by atoms with Crippen molar-refractivity contribution in [1.82, 2.24) is 4.98 Å². The Morgan fingerprint density at radius 2 is 2.14 bits per heavy atom. The molecule has 0 aliphatic heterocycles. The SMILES string of the molecule is C/C=C/C(F)=C\C(CCF)CC(N)c1nc(Br)ccc1Br. The van der Waals surface area contributed by atoms with Gasteiger partial charge in [0.05, 0.1) is 12.4 Å². The van der Waals surface area contributed by atoms with Gasteiger partial charge in [-0.05, 0) is 81.8 Å². The zero-order valence-corrected chi connectivity index (χ0v) is 14.9. The van der Waals surface area contributed by atoms with Crippen LogP contribution in [0.5, 0.6) is 0 Å². The fraction of sp³-hybridized carbons (Fsp3) is 0.400. The number of pyridine rings is 1. The fourth-order valence-corrected chi connectivity index (χ4v) is 2.82. The third-order valence-corrected chi connectivity index (χ3v) is 4.06. The monoisotopic (exact) mass is 422 g/mol. The zero-order valence-electron chi connectivity index (χ0n) is 11.7. The molecule has 1 rings (SSSR count). The summed E-state index contributed by atoms with van der Waals surface area (Å²) in [6, 6.07) is 3.24. The molecule has 0 spiro atoms. The summed E-state index contributed by atoms with van der Waals surface area (Å²) in [5.74, 6) is -0.640. The van der Waals surface area contributed by atoms with Crippen molar-refractivity contribution in [3.8, 4) is 0 Å². The molecule has 1 heterocycles. The van der Waals surface area contributed by atoms with Crippen LogP contribution in [0.2, 0.25) is 0 Å². The summed E-state index contributed by atoms with van der Waals surface area (Å²) in [5.41, 5.74) is 6.81. The number of nitrogens with two attached hydrogens (primary N) is 1. The normalized spacial score (nSPS) is 15.4. The van der Waals surface area contributed by atoms with Crippen LogP contribution in [-0.4, -0.2) is 11.7 Å². The highest BCUT2D eigenvalue weighted by Gasteiger charge is 2.17. The average molecular weight is 424 g/mol. The molecule has 0 saturated carbocycles. The minimum absolute atomic E-state index is 0.240. The van der Waals surface area contributed by atoms with Gasteiger partial charge in [0.1, 0.15) is 10.4 Å². The molecule has 0 bridgehead atoms. The van der Waals surface area contributed by atoms with Gasteiger partial charge in [-0.3, -0.25) is 4.39 Å². The molecule has 6 heteroatoms. The van der Waals surface area contributed by atoms with Crippen LogP contribution in [0.15, 0.2) is 45.3 Å². The molecule has 0 aliphatic rings. The lowest BCUT2D eigenvalue weighted by molar-refractivity contribution is 0.390. The van der Waals surface area contributed by atoms with Crippen LogP contribution in [-0.2, 0) is 0 Å². The second-order valence-electron chi connectivity index (χ2n) is 4.63. The van der Waals surface area contributed by atoms with Crippen molar-refractivity contribution in [1.29, 1.82) is 0 Å². The van der Waals surface area contributed by atoms with E-state index in [0.29, 0.717) is 16.7 Å². The Hall–Kier alpha value is -0.590. The van der Waals surface area contributed by atoms with Crippen molar-refractivity contribution in [2.45, 2.75) is 25.8 Å². The molecule has 2 nitrogen and oxygen atoms in total. The summed E-state index contributed by atoms with van der Waals surface area (Å²) in [4.78, 5) is 4.32. The molecule has 116 valence electrons. The number of halogens is 4. The van der Waals surface area contributed by atoms with Crippen molar-refractivity contribution in [2.24, 2.45) is 11.7 Å². The van der Waals surface area contributed by atoms with Crippen molar-refractivity contribution >= 4 is 31.9 Å². The lowest BCUT2D eigenvalue weighted by atomic mass is 9.94. The second-order valence-corrected chi connectivity index (χ2v) is 6.30. The number of nitrogens with zero attached hydrogens (tertiary/aromatic N) is 1. The summed E-state index contributed by atoms with van der Waals surface area (Å²) >= 11 is 6.69. The van der Waals surface area contributed by atoms with E-state index in [0.717, 1.165) is 4.47 Å². The van der Waals surface area contributed by atoms with E-state index in [-0.39, 0.29) is 18.2 Å². The van der Waals surface area contributed by atoms with Gasteiger partial charge in [-0.1, -0.05) is 6.08 Å². The molecule has 2 N–H and O–H groups in total. The fourth-order valence-electron chi connectivity index (χ4n) is 1.98. The second kappa shape index (κ2) is 9.43. The third-order valence-electron chi connectivity index (χ3n) is 2.95. The number of hydrogen-bond donors (Lipinski definition) is 1. The Morgan fingerprint density at radius 1 is 1.43 bits per heavy atom. The largest absolute Gasteiger partial charge is 0.323 e. The van der Waals surface area contributed by atoms with Gasteiger partial charge >= 0.3 is 0 Å². The minimum Gasteiger partial charge on any atom is -0.323 e. The number of rotatable bonds is 7. The molecule has 0 saturated heterocycles. The van der Waals surface area contributed by atoms with Gasteiger partial charge in [0.25, 0.3) is 0 Å². The van der Waals surface area contributed by atoms with E-state index < -0.39 is 12.7 Å². The maximum Gasteiger partial charge on any atom is 0.119 e. The lowest BCUT2D eigenvalue weighted by Crippen LogP contribution is -2.17. The summed E-state index contributed by atoms with van der Waals surface area (Å²) in [6.07, 6.45) is 5.04. The molecule has 0 amide bonds. The van der Waals surface area contributed by atoms with Crippen molar-refractivity contribution in [2.75, 3.05) is 6.67 Å². The van der Waals surface area contributed by atoms with Gasteiger partial charge in [0, 0.05) is 10.5 Å². The third kappa shape index (κ3) is 6.36. The highest BCUT2D eigenvalue weighted by Crippen LogP contribution is 2.28. The number of alkyl halides is 1. The molecule has 21 heavy (non-hydrogen) atoms. The van der Waals surface area contributed by atoms with Crippen molar-refractivity contribution < 1.29 is 8.78 Å². The van der Waals surface area contributed by atoms with Gasteiger partial charge in [0.15, 0.2) is 0 Å². The molecule has 0 radical (unpaired) electrons. The van der Waals surface area contributed by atoms with Gasteiger partial charge < -0.3 is 5.73 Å². The minimum atomic E-state index is -0.510. The topological polar surface area (TPSA) is 38.9 Å². The lowest BCUT2D eigenvalue weighted by Gasteiger charge is -2.18. The van der Waals surface area contributed by atoms with E-state index in [1.165, 1.54) is 12.2 Å². The highest BCUT2D eigenvalue weighted by atomic mass is 79.9. The summed E-state index contributed by atoms with van der Waals surface area (Å²) in [7, 11) is 0. The summed E-state index contributed by atoms with van der Waals surface area (Å²) < 4.78 is 27.6. The van der Waals surface area contributed by atoms with Crippen molar-refractivity contribution in [3.05, 3.63) is 51.0 Å². The quantitative estimate of drug-likeness (QED) is 0.470. The van der Waals surface area contributed by atoms with Crippen LogP contribution in [0.25, 0.3) is 0 Å². The van der Waals surface area contributed by atoms with E-state index in [4.69, 9.17) is 5.73 Å². The molecule has 2 unspecified atom stereocenters. The Labute approximate surface area is 140 Å². The molecule has 0 aromatic carbocycles. The summed E-state index contributed by atoms with van der Waals surface area (Å²) in [6.45, 7) is 1.22.